The molecule has 0 heterocycles. The Kier molecular flexibility index (Phi) is 4.22. The molecule has 4 heteroatoms. The number of ether oxygens (including phenoxy) is 1. The van der Waals surface area contributed by atoms with Gasteiger partial charge >= 0.3 is 0 Å². The maximum atomic E-state index is 5.92. The lowest BCUT2D eigenvalue weighted by Gasteiger charge is -2.12. The molecule has 0 bridgehead atoms. The van der Waals surface area contributed by atoms with Crippen molar-refractivity contribution < 1.29 is 4.74 Å². The first-order valence-electron chi connectivity index (χ1n) is 5.82. The molecule has 0 amide bonds. The lowest BCUT2D eigenvalue weighted by Crippen LogP contribution is -2.10. The van der Waals surface area contributed by atoms with Crippen molar-refractivity contribution in [1.29, 1.82) is 0 Å². The van der Waals surface area contributed by atoms with Crippen molar-refractivity contribution in [3.8, 4) is 11.5 Å². The van der Waals surface area contributed by atoms with E-state index in [1.165, 1.54) is 0 Å². The van der Waals surface area contributed by atoms with Crippen LogP contribution in [0.1, 0.15) is 16.7 Å². The van der Waals surface area contributed by atoms with Gasteiger partial charge in [0.05, 0.1) is 10.0 Å². The minimum absolute atomic E-state index is 0.332. The molecule has 2 rings (SSSR count). The second kappa shape index (κ2) is 5.72. The van der Waals surface area contributed by atoms with Crippen LogP contribution in [0.5, 0.6) is 11.5 Å². The monoisotopic (exact) mass is 335 g/mol. The third kappa shape index (κ3) is 3.33. The highest BCUT2D eigenvalue weighted by Crippen LogP contribution is 2.32. The second-order valence-electron chi connectivity index (χ2n) is 4.40. The quantitative estimate of drug-likeness (QED) is 0.839. The molecule has 19 heavy (non-hydrogen) atoms. The molecule has 2 aromatic carbocycles. The van der Waals surface area contributed by atoms with Gasteiger partial charge in [0, 0.05) is 0 Å². The van der Waals surface area contributed by atoms with Crippen LogP contribution in [0, 0.1) is 13.8 Å². The lowest BCUT2D eigenvalue weighted by atomic mass is 10.1. The standard InChI is InChI=1S/C15H14BrNOS/c1-9-4-6-13(12(16)7-9)18-14-8-10(2)3-5-11(14)15(17)19/h3-8H,1-2H3,(H2,17,19). The third-order valence-corrected chi connectivity index (χ3v) is 3.55. The van der Waals surface area contributed by atoms with Gasteiger partial charge in [-0.3, -0.25) is 0 Å². The van der Waals surface area contributed by atoms with E-state index in [0.29, 0.717) is 10.7 Å². The number of aryl methyl sites for hydroxylation is 2. The molecule has 0 saturated heterocycles. The molecule has 2 nitrogen and oxygen atoms in total. The molecule has 0 saturated carbocycles. The molecule has 0 aliphatic rings. The van der Waals surface area contributed by atoms with Crippen LogP contribution in [0.3, 0.4) is 0 Å². The summed E-state index contributed by atoms with van der Waals surface area (Å²) >= 11 is 8.54. The van der Waals surface area contributed by atoms with Crippen molar-refractivity contribution in [2.45, 2.75) is 13.8 Å². The van der Waals surface area contributed by atoms with Gasteiger partial charge in [-0.25, -0.2) is 0 Å². The summed E-state index contributed by atoms with van der Waals surface area (Å²) in [4.78, 5) is 0.332. The Labute approximate surface area is 126 Å². The fraction of sp³-hybridized carbons (Fsp3) is 0.133. The van der Waals surface area contributed by atoms with E-state index in [2.05, 4.69) is 15.9 Å². The molecule has 0 aliphatic carbocycles. The molecule has 2 N–H and O–H groups in total. The van der Waals surface area contributed by atoms with Crippen LogP contribution < -0.4 is 10.5 Å². The molecule has 0 aromatic heterocycles. The normalized spacial score (nSPS) is 10.3. The summed E-state index contributed by atoms with van der Waals surface area (Å²) in [7, 11) is 0. The molecule has 0 unspecified atom stereocenters. The topological polar surface area (TPSA) is 35.2 Å². The van der Waals surface area contributed by atoms with Crippen molar-refractivity contribution in [2.24, 2.45) is 5.73 Å². The van der Waals surface area contributed by atoms with E-state index in [0.717, 1.165) is 26.9 Å². The van der Waals surface area contributed by atoms with Gasteiger partial charge in [0.15, 0.2) is 0 Å². The fourth-order valence-electron chi connectivity index (χ4n) is 1.72. The summed E-state index contributed by atoms with van der Waals surface area (Å²) < 4.78 is 6.83. The third-order valence-electron chi connectivity index (χ3n) is 2.71. The molecule has 98 valence electrons. The van der Waals surface area contributed by atoms with Gasteiger partial charge in [-0.2, -0.15) is 0 Å². The van der Waals surface area contributed by atoms with Crippen LogP contribution in [0.4, 0.5) is 0 Å². The predicted octanol–water partition coefficient (Wildman–Crippen LogP) is 4.49. The van der Waals surface area contributed by atoms with Crippen LogP contribution in [0.2, 0.25) is 0 Å². The summed E-state index contributed by atoms with van der Waals surface area (Å²) in [6, 6.07) is 11.7. The Hall–Kier alpha value is -1.39. The number of benzene rings is 2. The first-order valence-corrected chi connectivity index (χ1v) is 7.02. The predicted molar refractivity (Wildman–Crippen MR) is 86.0 cm³/mol. The Morgan fingerprint density at radius 3 is 2.32 bits per heavy atom. The van der Waals surface area contributed by atoms with Crippen molar-refractivity contribution in [2.75, 3.05) is 0 Å². The Morgan fingerprint density at radius 1 is 1.05 bits per heavy atom. The van der Waals surface area contributed by atoms with E-state index in [1.54, 1.807) is 0 Å². The van der Waals surface area contributed by atoms with Gasteiger partial charge in [0.25, 0.3) is 0 Å². The molecule has 2 aromatic rings. The number of thiocarbonyl (C=S) groups is 1. The molecule has 0 spiro atoms. The summed E-state index contributed by atoms with van der Waals surface area (Å²) in [6.45, 7) is 4.03. The molecule has 0 atom stereocenters. The van der Waals surface area contributed by atoms with Crippen LogP contribution in [-0.4, -0.2) is 4.99 Å². The smallest absolute Gasteiger partial charge is 0.141 e. The molecular formula is C15H14BrNOS. The van der Waals surface area contributed by atoms with Crippen LogP contribution in [-0.2, 0) is 0 Å². The number of hydrogen-bond acceptors (Lipinski definition) is 2. The van der Waals surface area contributed by atoms with Crippen molar-refractivity contribution in [1.82, 2.24) is 0 Å². The van der Waals surface area contributed by atoms with Crippen LogP contribution >= 0.6 is 28.1 Å². The summed E-state index contributed by atoms with van der Waals surface area (Å²) in [5.74, 6) is 1.42. The maximum Gasteiger partial charge on any atom is 0.141 e. The zero-order valence-corrected chi connectivity index (χ0v) is 13.1. The first kappa shape index (κ1) is 14.0. The molecule has 0 fully saturated rings. The van der Waals surface area contributed by atoms with E-state index in [1.807, 2.05) is 50.2 Å². The average molecular weight is 336 g/mol. The van der Waals surface area contributed by atoms with E-state index in [4.69, 9.17) is 22.7 Å². The van der Waals surface area contributed by atoms with Gasteiger partial charge in [-0.1, -0.05) is 24.4 Å². The van der Waals surface area contributed by atoms with Gasteiger partial charge < -0.3 is 10.5 Å². The molecular weight excluding hydrogens is 322 g/mol. The second-order valence-corrected chi connectivity index (χ2v) is 5.69. The average Bonchev–Trinajstić information content (AvgIpc) is 2.32. The Morgan fingerprint density at radius 2 is 1.68 bits per heavy atom. The highest BCUT2D eigenvalue weighted by molar-refractivity contribution is 9.10. The van der Waals surface area contributed by atoms with Crippen LogP contribution in [0.25, 0.3) is 0 Å². The molecule has 0 aliphatic heterocycles. The van der Waals surface area contributed by atoms with Crippen molar-refractivity contribution in [3.05, 3.63) is 57.6 Å². The largest absolute Gasteiger partial charge is 0.455 e. The van der Waals surface area contributed by atoms with E-state index < -0.39 is 0 Å². The van der Waals surface area contributed by atoms with E-state index in [9.17, 15) is 0 Å². The highest BCUT2D eigenvalue weighted by atomic mass is 79.9. The number of nitrogens with two attached hydrogens (primary N) is 1. The van der Waals surface area contributed by atoms with Crippen molar-refractivity contribution in [3.63, 3.8) is 0 Å². The zero-order valence-electron chi connectivity index (χ0n) is 10.7. The Balaban J connectivity index is 2.42. The lowest BCUT2D eigenvalue weighted by molar-refractivity contribution is 0.478. The van der Waals surface area contributed by atoms with Gasteiger partial charge in [-0.15, -0.1) is 0 Å². The molecule has 0 radical (unpaired) electrons. The van der Waals surface area contributed by atoms with E-state index >= 15 is 0 Å². The number of hydrogen-bond donors (Lipinski definition) is 1. The van der Waals surface area contributed by atoms with Crippen LogP contribution in [0.15, 0.2) is 40.9 Å². The first-order chi connectivity index (χ1) is 8.97. The van der Waals surface area contributed by atoms with Gasteiger partial charge in [-0.05, 0) is 65.2 Å². The minimum Gasteiger partial charge on any atom is -0.455 e. The SMILES string of the molecule is Cc1ccc(Oc2cc(C)ccc2C(N)=S)c(Br)c1. The zero-order chi connectivity index (χ0) is 14.0. The van der Waals surface area contributed by atoms with E-state index in [-0.39, 0.29) is 0 Å². The van der Waals surface area contributed by atoms with Crippen molar-refractivity contribution >= 4 is 33.1 Å². The Bertz CT molecular complexity index is 640. The summed E-state index contributed by atoms with van der Waals surface area (Å²) in [6.07, 6.45) is 0. The summed E-state index contributed by atoms with van der Waals surface area (Å²) in [5, 5.41) is 0. The number of rotatable bonds is 3. The summed E-state index contributed by atoms with van der Waals surface area (Å²) in [5.41, 5.74) is 8.72. The highest BCUT2D eigenvalue weighted by Gasteiger charge is 2.10. The maximum absolute atomic E-state index is 5.92. The van der Waals surface area contributed by atoms with Gasteiger partial charge in [0.1, 0.15) is 16.5 Å². The number of halogens is 1. The minimum atomic E-state index is 0.332. The van der Waals surface area contributed by atoms with Gasteiger partial charge in [0.2, 0.25) is 0 Å². The fourth-order valence-corrected chi connectivity index (χ4v) is 2.47.